The first-order valence-corrected chi connectivity index (χ1v) is 10.3. The molecule has 0 N–H and O–H groups in total. The van der Waals surface area contributed by atoms with Crippen molar-refractivity contribution in [3.05, 3.63) is 57.5 Å². The smallest absolute Gasteiger partial charge is 0.257 e. The maximum absolute atomic E-state index is 13.3. The normalized spacial score (nSPS) is 20.1. The average Bonchev–Trinajstić information content (AvgIpc) is 2.74. The van der Waals surface area contributed by atoms with E-state index in [0.717, 1.165) is 17.7 Å². The minimum Gasteiger partial charge on any atom is -0.497 e. The molecule has 1 aromatic carbocycles. The minimum absolute atomic E-state index is 0.0551. The van der Waals surface area contributed by atoms with Crippen LogP contribution in [0.3, 0.4) is 0 Å². The van der Waals surface area contributed by atoms with Crippen molar-refractivity contribution in [3.8, 4) is 11.5 Å². The lowest BCUT2D eigenvalue weighted by molar-refractivity contribution is 0.0590. The van der Waals surface area contributed by atoms with Crippen molar-refractivity contribution >= 4 is 5.91 Å². The number of methoxy groups -OCH3 is 2. The molecule has 0 spiro atoms. The zero-order valence-corrected chi connectivity index (χ0v) is 18.1. The van der Waals surface area contributed by atoms with Gasteiger partial charge in [0.1, 0.15) is 11.5 Å². The van der Waals surface area contributed by atoms with Crippen molar-refractivity contribution in [2.24, 2.45) is 5.92 Å². The Bertz CT molecular complexity index is 1010. The molecule has 0 saturated carbocycles. The first-order valence-electron chi connectivity index (χ1n) is 10.3. The zero-order valence-electron chi connectivity index (χ0n) is 18.1. The summed E-state index contributed by atoms with van der Waals surface area (Å²) in [5.41, 5.74) is 2.47. The van der Waals surface area contributed by atoms with E-state index in [-0.39, 0.29) is 23.3 Å². The van der Waals surface area contributed by atoms with Crippen LogP contribution in [0.1, 0.15) is 34.0 Å². The topological polar surface area (TPSA) is 64.0 Å². The van der Waals surface area contributed by atoms with Gasteiger partial charge in [-0.3, -0.25) is 9.59 Å². The Morgan fingerprint density at radius 2 is 1.90 bits per heavy atom. The van der Waals surface area contributed by atoms with Crippen molar-refractivity contribution in [2.45, 2.75) is 25.4 Å². The van der Waals surface area contributed by atoms with Crippen molar-refractivity contribution < 1.29 is 14.3 Å². The molecule has 4 rings (SSSR count). The first kappa shape index (κ1) is 20.5. The highest BCUT2D eigenvalue weighted by Gasteiger charge is 2.37. The molecule has 1 amide bonds. The van der Waals surface area contributed by atoms with Crippen molar-refractivity contribution in [3.63, 3.8) is 0 Å². The van der Waals surface area contributed by atoms with E-state index in [1.54, 1.807) is 32.4 Å². The number of carbonyl (C=O) groups excluding carboxylic acids is 1. The highest BCUT2D eigenvalue weighted by Crippen LogP contribution is 2.36. The number of amides is 1. The molecule has 30 heavy (non-hydrogen) atoms. The van der Waals surface area contributed by atoms with Gasteiger partial charge in [-0.15, -0.1) is 0 Å². The highest BCUT2D eigenvalue weighted by molar-refractivity contribution is 5.97. The van der Waals surface area contributed by atoms with Gasteiger partial charge in [-0.05, 0) is 50.7 Å². The fraction of sp³-hybridized carbons (Fsp3) is 0.478. The maximum Gasteiger partial charge on any atom is 0.257 e. The van der Waals surface area contributed by atoms with Crippen LogP contribution < -0.4 is 15.0 Å². The number of carbonyl (C=O) groups is 1. The minimum atomic E-state index is -0.0551. The van der Waals surface area contributed by atoms with Gasteiger partial charge in [0.05, 0.1) is 19.8 Å². The number of likely N-dealkylation sites (tertiary alicyclic amines) is 1. The third kappa shape index (κ3) is 3.69. The van der Waals surface area contributed by atoms with E-state index in [9.17, 15) is 9.59 Å². The van der Waals surface area contributed by atoms with Gasteiger partial charge < -0.3 is 23.8 Å². The van der Waals surface area contributed by atoms with Crippen LogP contribution in [0.15, 0.2) is 35.1 Å². The summed E-state index contributed by atoms with van der Waals surface area (Å²) < 4.78 is 12.6. The Kier molecular flexibility index (Phi) is 5.56. The van der Waals surface area contributed by atoms with Crippen LogP contribution in [0.25, 0.3) is 0 Å². The van der Waals surface area contributed by atoms with Crippen LogP contribution in [0, 0.1) is 5.92 Å². The first-order chi connectivity index (χ1) is 14.4. The number of rotatable bonds is 5. The number of fused-ring (bicyclic) bond motifs is 4. The lowest BCUT2D eigenvalue weighted by Crippen LogP contribution is -2.49. The second-order valence-corrected chi connectivity index (χ2v) is 8.51. The molecule has 2 aromatic rings. The van der Waals surface area contributed by atoms with Crippen LogP contribution in [0.2, 0.25) is 0 Å². The summed E-state index contributed by atoms with van der Waals surface area (Å²) in [7, 11) is 7.08. The van der Waals surface area contributed by atoms with Gasteiger partial charge >= 0.3 is 0 Å². The zero-order chi connectivity index (χ0) is 21.4. The number of piperidine rings is 1. The summed E-state index contributed by atoms with van der Waals surface area (Å²) in [6.07, 6.45) is 1.01. The number of hydrogen-bond donors (Lipinski definition) is 0. The molecular formula is C23H29N3O4. The molecule has 1 aromatic heterocycles. The van der Waals surface area contributed by atoms with E-state index < -0.39 is 0 Å². The monoisotopic (exact) mass is 411 g/mol. The fourth-order valence-corrected chi connectivity index (χ4v) is 4.77. The molecule has 1 saturated heterocycles. The molecule has 7 nitrogen and oxygen atoms in total. The molecule has 0 aliphatic carbocycles. The largest absolute Gasteiger partial charge is 0.497 e. The van der Waals surface area contributed by atoms with Crippen LogP contribution >= 0.6 is 0 Å². The van der Waals surface area contributed by atoms with Gasteiger partial charge in [-0.2, -0.15) is 0 Å². The summed E-state index contributed by atoms with van der Waals surface area (Å²) in [4.78, 5) is 30.3. The van der Waals surface area contributed by atoms with Crippen molar-refractivity contribution in [1.29, 1.82) is 0 Å². The van der Waals surface area contributed by atoms with Gasteiger partial charge in [0, 0.05) is 43.4 Å². The lowest BCUT2D eigenvalue weighted by Gasteiger charge is -2.43. The molecule has 3 heterocycles. The highest BCUT2D eigenvalue weighted by atomic mass is 16.5. The Morgan fingerprint density at radius 1 is 1.10 bits per heavy atom. The Morgan fingerprint density at radius 3 is 2.60 bits per heavy atom. The van der Waals surface area contributed by atoms with Gasteiger partial charge in [0.15, 0.2) is 0 Å². The molecule has 1 fully saturated rings. The molecule has 0 unspecified atom stereocenters. The van der Waals surface area contributed by atoms with Gasteiger partial charge in [0.25, 0.3) is 11.5 Å². The molecular weight excluding hydrogens is 382 g/mol. The lowest BCUT2D eigenvalue weighted by atomic mass is 9.82. The van der Waals surface area contributed by atoms with E-state index >= 15 is 0 Å². The maximum atomic E-state index is 13.3. The third-order valence-corrected chi connectivity index (χ3v) is 6.09. The van der Waals surface area contributed by atoms with E-state index in [1.807, 2.05) is 34.5 Å². The number of aromatic nitrogens is 1. The van der Waals surface area contributed by atoms with Crippen molar-refractivity contribution in [2.75, 3.05) is 41.4 Å². The second kappa shape index (κ2) is 8.14. The van der Waals surface area contributed by atoms with Crippen LogP contribution in [-0.4, -0.2) is 61.7 Å². The molecule has 2 aliphatic heterocycles. The quantitative estimate of drug-likeness (QED) is 0.755. The van der Waals surface area contributed by atoms with E-state index in [1.165, 1.54) is 0 Å². The molecule has 160 valence electrons. The summed E-state index contributed by atoms with van der Waals surface area (Å²) in [5, 5.41) is 0. The van der Waals surface area contributed by atoms with E-state index in [2.05, 4.69) is 6.07 Å². The number of ether oxygens (including phenoxy) is 2. The van der Waals surface area contributed by atoms with Gasteiger partial charge in [-0.1, -0.05) is 6.07 Å². The Balaban J connectivity index is 1.62. The molecule has 2 atom stereocenters. The average molecular weight is 412 g/mol. The Hall–Kier alpha value is -2.80. The number of nitrogens with zero attached hydrogens (tertiary/aromatic N) is 3. The van der Waals surface area contributed by atoms with Crippen LogP contribution in [0.4, 0.5) is 0 Å². The number of hydrogen-bond acceptors (Lipinski definition) is 5. The summed E-state index contributed by atoms with van der Waals surface area (Å²) >= 11 is 0. The Labute approximate surface area is 176 Å². The number of pyridine rings is 1. The molecule has 2 aliphatic rings. The molecule has 0 radical (unpaired) electrons. The van der Waals surface area contributed by atoms with Crippen LogP contribution in [0.5, 0.6) is 11.5 Å². The predicted molar refractivity (Wildman–Crippen MR) is 114 cm³/mol. The third-order valence-electron chi connectivity index (χ3n) is 6.09. The molecule has 2 bridgehead atoms. The van der Waals surface area contributed by atoms with E-state index in [4.69, 9.17) is 9.47 Å². The summed E-state index contributed by atoms with van der Waals surface area (Å²) in [5.74, 6) is 1.55. The van der Waals surface area contributed by atoms with E-state index in [0.29, 0.717) is 43.2 Å². The van der Waals surface area contributed by atoms with Crippen molar-refractivity contribution in [1.82, 2.24) is 14.4 Å². The van der Waals surface area contributed by atoms with Crippen LogP contribution in [-0.2, 0) is 13.1 Å². The fourth-order valence-electron chi connectivity index (χ4n) is 4.77. The summed E-state index contributed by atoms with van der Waals surface area (Å²) in [6, 6.07) is 9.30. The number of benzene rings is 1. The predicted octanol–water partition coefficient (Wildman–Crippen LogP) is 2.19. The standard InChI is InChI=1S/C23H29N3O4/c1-24(2)13-16-5-7-20-17-9-15(12-26(20)22(16)27)11-25(14-17)23(28)19-10-18(29-3)6-8-21(19)30-4/h5-8,10,15,17H,9,11-14H2,1-4H3/t15-,17+/m0/s1. The van der Waals surface area contributed by atoms with Gasteiger partial charge in [0.2, 0.25) is 0 Å². The SMILES string of the molecule is COc1ccc(OC)c(C(=O)N2C[C@@H]3C[C@H](C2)c2ccc(CN(C)C)c(=O)n2C3)c1. The molecule has 7 heteroatoms. The second-order valence-electron chi connectivity index (χ2n) is 8.51. The summed E-state index contributed by atoms with van der Waals surface area (Å²) in [6.45, 7) is 2.53. The van der Waals surface area contributed by atoms with Gasteiger partial charge in [-0.25, -0.2) is 0 Å².